The molecule has 0 saturated carbocycles. The predicted molar refractivity (Wildman–Crippen MR) is 131 cm³/mol. The summed E-state index contributed by atoms with van der Waals surface area (Å²) < 4.78 is 10.7. The Hall–Kier alpha value is -3.75. The number of carbonyl (C=O) groups excluding carboxylic acids is 2. The SMILES string of the molecule is CCOC(=O)c1ccc(N2C(=O)C3NNC(c4ccc(OCC)cc4)C3C2c2cccnc2)cc1. The summed E-state index contributed by atoms with van der Waals surface area (Å²) in [6.45, 7) is 4.64. The number of anilines is 1. The van der Waals surface area contributed by atoms with Crippen LogP contribution in [-0.4, -0.2) is 36.1 Å². The van der Waals surface area contributed by atoms with Gasteiger partial charge in [0.15, 0.2) is 0 Å². The van der Waals surface area contributed by atoms with Crippen molar-refractivity contribution in [2.45, 2.75) is 32.0 Å². The molecule has 1 amide bonds. The third kappa shape index (κ3) is 4.26. The van der Waals surface area contributed by atoms with Gasteiger partial charge in [0.05, 0.1) is 30.9 Å². The molecular formula is C27H28N4O4. The first-order chi connectivity index (χ1) is 17.1. The van der Waals surface area contributed by atoms with Crippen molar-refractivity contribution in [3.63, 3.8) is 0 Å². The van der Waals surface area contributed by atoms with Gasteiger partial charge >= 0.3 is 5.97 Å². The molecule has 2 N–H and O–H groups in total. The Balaban J connectivity index is 1.51. The van der Waals surface area contributed by atoms with Gasteiger partial charge in [-0.2, -0.15) is 0 Å². The number of esters is 1. The summed E-state index contributed by atoms with van der Waals surface area (Å²) >= 11 is 0. The van der Waals surface area contributed by atoms with E-state index in [0.717, 1.165) is 22.6 Å². The van der Waals surface area contributed by atoms with Gasteiger partial charge in [0, 0.05) is 24.0 Å². The van der Waals surface area contributed by atoms with Crippen LogP contribution in [0.1, 0.15) is 47.4 Å². The van der Waals surface area contributed by atoms with Gasteiger partial charge in [0.25, 0.3) is 0 Å². The average Bonchev–Trinajstić information content (AvgIpc) is 3.44. The Morgan fingerprint density at radius 2 is 1.69 bits per heavy atom. The number of benzene rings is 2. The van der Waals surface area contributed by atoms with E-state index in [1.165, 1.54) is 0 Å². The number of pyridine rings is 1. The van der Waals surface area contributed by atoms with E-state index in [1.54, 1.807) is 37.4 Å². The van der Waals surface area contributed by atoms with Gasteiger partial charge < -0.3 is 14.4 Å². The monoisotopic (exact) mass is 472 g/mol. The summed E-state index contributed by atoms with van der Waals surface area (Å²) in [4.78, 5) is 32.0. The topological polar surface area (TPSA) is 92.8 Å². The Bertz CT molecular complexity index is 1180. The van der Waals surface area contributed by atoms with Crippen molar-refractivity contribution in [3.8, 4) is 5.75 Å². The quantitative estimate of drug-likeness (QED) is 0.508. The van der Waals surface area contributed by atoms with Crippen LogP contribution in [-0.2, 0) is 9.53 Å². The first-order valence-corrected chi connectivity index (χ1v) is 11.9. The van der Waals surface area contributed by atoms with E-state index in [0.29, 0.717) is 18.8 Å². The molecule has 5 rings (SSSR count). The molecule has 2 aromatic carbocycles. The number of aromatic nitrogens is 1. The summed E-state index contributed by atoms with van der Waals surface area (Å²) in [5.41, 5.74) is 9.77. The first-order valence-electron chi connectivity index (χ1n) is 11.9. The number of nitrogens with one attached hydrogen (secondary N) is 2. The zero-order valence-corrected chi connectivity index (χ0v) is 19.7. The molecular weight excluding hydrogens is 444 g/mol. The standard InChI is InChI=1S/C27H28N4O4/c1-3-34-21-13-9-17(10-14-21)23-22-24(30-29-23)26(32)31(25(22)19-6-5-15-28-16-19)20-11-7-18(8-12-20)27(33)35-4-2/h5-16,22-25,29-30H,3-4H2,1-2H3. The number of hydrogen-bond donors (Lipinski definition) is 2. The summed E-state index contributed by atoms with van der Waals surface area (Å²) in [7, 11) is 0. The van der Waals surface area contributed by atoms with Gasteiger partial charge in [-0.05, 0) is 67.4 Å². The molecule has 2 fully saturated rings. The Morgan fingerprint density at radius 3 is 2.34 bits per heavy atom. The van der Waals surface area contributed by atoms with Gasteiger partial charge in [-0.1, -0.05) is 18.2 Å². The van der Waals surface area contributed by atoms with Gasteiger partial charge in [-0.15, -0.1) is 0 Å². The number of rotatable bonds is 7. The highest BCUT2D eigenvalue weighted by Crippen LogP contribution is 2.48. The Labute approximate surface area is 204 Å². The number of hydrazine groups is 1. The van der Waals surface area contributed by atoms with E-state index >= 15 is 0 Å². The highest BCUT2D eigenvalue weighted by atomic mass is 16.5. The van der Waals surface area contributed by atoms with Crippen LogP contribution >= 0.6 is 0 Å². The molecule has 2 aliphatic heterocycles. The van der Waals surface area contributed by atoms with E-state index in [1.807, 2.05) is 54.4 Å². The first kappa shape index (κ1) is 23.0. The molecule has 3 heterocycles. The van der Waals surface area contributed by atoms with E-state index in [9.17, 15) is 9.59 Å². The summed E-state index contributed by atoms with van der Waals surface area (Å²) in [5.74, 6) is 0.310. The van der Waals surface area contributed by atoms with Crippen LogP contribution < -0.4 is 20.5 Å². The van der Waals surface area contributed by atoms with Crippen molar-refractivity contribution in [3.05, 3.63) is 89.7 Å². The third-order valence-corrected chi connectivity index (χ3v) is 6.54. The normalized spacial score (nSPS) is 23.3. The molecule has 8 heteroatoms. The molecule has 8 nitrogen and oxygen atoms in total. The molecule has 4 atom stereocenters. The fraction of sp³-hybridized carbons (Fsp3) is 0.296. The van der Waals surface area contributed by atoms with Crippen molar-refractivity contribution in [2.24, 2.45) is 5.92 Å². The van der Waals surface area contributed by atoms with E-state index < -0.39 is 6.04 Å². The number of nitrogens with zero attached hydrogens (tertiary/aromatic N) is 2. The number of hydrogen-bond acceptors (Lipinski definition) is 7. The highest BCUT2D eigenvalue weighted by Gasteiger charge is 2.56. The lowest BCUT2D eigenvalue weighted by Crippen LogP contribution is -2.41. The summed E-state index contributed by atoms with van der Waals surface area (Å²) in [6, 6.07) is 18.1. The molecule has 0 radical (unpaired) electrons. The van der Waals surface area contributed by atoms with Gasteiger partial charge in [-0.25, -0.2) is 15.6 Å². The number of amides is 1. The lowest BCUT2D eigenvalue weighted by molar-refractivity contribution is -0.119. The molecule has 35 heavy (non-hydrogen) atoms. The second-order valence-corrected chi connectivity index (χ2v) is 8.53. The molecule has 0 bridgehead atoms. The molecule has 1 aromatic heterocycles. The molecule has 2 aliphatic rings. The van der Waals surface area contributed by atoms with Crippen LogP contribution in [0.25, 0.3) is 0 Å². The van der Waals surface area contributed by atoms with Gasteiger partial charge in [-0.3, -0.25) is 9.78 Å². The average molecular weight is 473 g/mol. The number of ether oxygens (including phenoxy) is 2. The predicted octanol–water partition coefficient (Wildman–Crippen LogP) is 3.58. The molecule has 0 spiro atoms. The van der Waals surface area contributed by atoms with E-state index in [4.69, 9.17) is 9.47 Å². The highest BCUT2D eigenvalue weighted by molar-refractivity contribution is 6.02. The Morgan fingerprint density at radius 1 is 0.943 bits per heavy atom. The number of carbonyl (C=O) groups is 2. The lowest BCUT2D eigenvalue weighted by atomic mass is 9.84. The van der Waals surface area contributed by atoms with Crippen LogP contribution in [0.5, 0.6) is 5.75 Å². The third-order valence-electron chi connectivity index (χ3n) is 6.54. The van der Waals surface area contributed by atoms with E-state index in [-0.39, 0.29) is 29.9 Å². The molecule has 180 valence electrons. The zero-order valence-electron chi connectivity index (χ0n) is 19.7. The molecule has 0 aliphatic carbocycles. The van der Waals surface area contributed by atoms with Crippen LogP contribution in [0, 0.1) is 5.92 Å². The minimum Gasteiger partial charge on any atom is -0.494 e. The number of fused-ring (bicyclic) bond motifs is 1. The minimum atomic E-state index is -0.415. The van der Waals surface area contributed by atoms with Crippen LogP contribution in [0.15, 0.2) is 73.1 Å². The molecule has 3 aromatic rings. The van der Waals surface area contributed by atoms with Crippen molar-refractivity contribution in [2.75, 3.05) is 18.1 Å². The minimum absolute atomic E-state index is 0.0336. The van der Waals surface area contributed by atoms with Crippen LogP contribution in [0.2, 0.25) is 0 Å². The largest absolute Gasteiger partial charge is 0.494 e. The van der Waals surface area contributed by atoms with Crippen molar-refractivity contribution in [1.82, 2.24) is 15.8 Å². The lowest BCUT2D eigenvalue weighted by Gasteiger charge is -2.31. The maximum atomic E-state index is 13.7. The van der Waals surface area contributed by atoms with Crippen molar-refractivity contribution in [1.29, 1.82) is 0 Å². The maximum Gasteiger partial charge on any atom is 0.338 e. The van der Waals surface area contributed by atoms with Crippen LogP contribution in [0.3, 0.4) is 0 Å². The van der Waals surface area contributed by atoms with Gasteiger partial charge in [0.1, 0.15) is 11.8 Å². The van der Waals surface area contributed by atoms with Crippen molar-refractivity contribution >= 4 is 17.6 Å². The summed E-state index contributed by atoms with van der Waals surface area (Å²) in [6.07, 6.45) is 3.54. The fourth-order valence-corrected chi connectivity index (χ4v) is 5.04. The Kier molecular flexibility index (Phi) is 6.48. The van der Waals surface area contributed by atoms with Crippen LogP contribution in [0.4, 0.5) is 5.69 Å². The fourth-order valence-electron chi connectivity index (χ4n) is 5.04. The van der Waals surface area contributed by atoms with Gasteiger partial charge in [0.2, 0.25) is 5.91 Å². The zero-order chi connectivity index (χ0) is 24.4. The second-order valence-electron chi connectivity index (χ2n) is 8.53. The molecule has 4 unspecified atom stereocenters. The van der Waals surface area contributed by atoms with E-state index in [2.05, 4.69) is 15.8 Å². The summed E-state index contributed by atoms with van der Waals surface area (Å²) in [5, 5.41) is 0. The second kappa shape index (κ2) is 9.85. The maximum absolute atomic E-state index is 13.7. The molecule has 2 saturated heterocycles. The van der Waals surface area contributed by atoms with Crippen molar-refractivity contribution < 1.29 is 19.1 Å². The smallest absolute Gasteiger partial charge is 0.338 e.